The molecule has 0 aliphatic heterocycles. The van der Waals surface area contributed by atoms with Crippen molar-refractivity contribution < 1.29 is 19.0 Å². The fourth-order valence-electron chi connectivity index (χ4n) is 1.78. The molecule has 0 aliphatic rings. The van der Waals surface area contributed by atoms with Crippen LogP contribution in [0.25, 0.3) is 0 Å². The maximum atomic E-state index is 11.7. The average Bonchev–Trinajstić information content (AvgIpc) is 2.38. The molecular formula is C15H22BrNO4. The standard InChI is InChI=1S/C15H22BrNO4/c1-15(2,3)21-12(18)8-6-7-10-9-11(19-4)14(20-5)17-13(10)16/h9H,6-8H2,1-5H3. The second-order valence-corrected chi connectivity index (χ2v) is 6.34. The van der Waals surface area contributed by atoms with Gasteiger partial charge in [-0.25, -0.2) is 4.98 Å². The zero-order valence-electron chi connectivity index (χ0n) is 13.2. The van der Waals surface area contributed by atoms with E-state index < -0.39 is 5.60 Å². The van der Waals surface area contributed by atoms with Crippen LogP contribution in [0.15, 0.2) is 10.7 Å². The first-order chi connectivity index (χ1) is 9.76. The largest absolute Gasteiger partial charge is 0.491 e. The summed E-state index contributed by atoms with van der Waals surface area (Å²) in [5.41, 5.74) is 0.527. The van der Waals surface area contributed by atoms with Gasteiger partial charge in [0.1, 0.15) is 10.2 Å². The number of hydrogen-bond donors (Lipinski definition) is 0. The van der Waals surface area contributed by atoms with Crippen molar-refractivity contribution >= 4 is 21.9 Å². The van der Waals surface area contributed by atoms with Crippen LogP contribution in [0.1, 0.15) is 39.2 Å². The molecule has 1 rings (SSSR count). The molecule has 0 saturated heterocycles. The van der Waals surface area contributed by atoms with E-state index in [0.29, 0.717) is 35.5 Å². The van der Waals surface area contributed by atoms with E-state index in [9.17, 15) is 4.79 Å². The second kappa shape index (κ2) is 7.64. The Kier molecular flexibility index (Phi) is 6.45. The minimum absolute atomic E-state index is 0.188. The van der Waals surface area contributed by atoms with Gasteiger partial charge >= 0.3 is 5.97 Å². The molecule has 0 atom stereocenters. The summed E-state index contributed by atoms with van der Waals surface area (Å²) in [5.74, 6) is 0.820. The molecule has 21 heavy (non-hydrogen) atoms. The molecule has 1 aromatic heterocycles. The first-order valence-corrected chi connectivity index (χ1v) is 7.55. The minimum Gasteiger partial charge on any atom is -0.491 e. The number of hydrogen-bond acceptors (Lipinski definition) is 5. The molecule has 5 nitrogen and oxygen atoms in total. The number of methoxy groups -OCH3 is 2. The highest BCUT2D eigenvalue weighted by atomic mass is 79.9. The average molecular weight is 360 g/mol. The number of carbonyl (C=O) groups excluding carboxylic acids is 1. The van der Waals surface area contributed by atoms with Gasteiger partial charge in [0.25, 0.3) is 5.88 Å². The molecule has 118 valence electrons. The van der Waals surface area contributed by atoms with E-state index in [0.717, 1.165) is 5.56 Å². The lowest BCUT2D eigenvalue weighted by atomic mass is 10.1. The number of pyridine rings is 1. The molecule has 0 unspecified atom stereocenters. The van der Waals surface area contributed by atoms with Crippen LogP contribution < -0.4 is 9.47 Å². The summed E-state index contributed by atoms with van der Waals surface area (Å²) in [6.07, 6.45) is 1.76. The Balaban J connectivity index is 2.62. The maximum Gasteiger partial charge on any atom is 0.306 e. The van der Waals surface area contributed by atoms with Crippen molar-refractivity contribution in [2.75, 3.05) is 14.2 Å². The normalized spacial score (nSPS) is 11.1. The van der Waals surface area contributed by atoms with Gasteiger partial charge in [-0.15, -0.1) is 0 Å². The van der Waals surface area contributed by atoms with Gasteiger partial charge in [0, 0.05) is 6.42 Å². The number of halogens is 1. The SMILES string of the molecule is COc1cc(CCCC(=O)OC(C)(C)C)c(Br)nc1OC. The quantitative estimate of drug-likeness (QED) is 0.574. The van der Waals surface area contributed by atoms with E-state index in [1.165, 1.54) is 0 Å². The molecule has 0 aliphatic carbocycles. The van der Waals surface area contributed by atoms with E-state index in [4.69, 9.17) is 14.2 Å². The molecule has 1 heterocycles. The van der Waals surface area contributed by atoms with Gasteiger partial charge in [-0.2, -0.15) is 0 Å². The fourth-order valence-corrected chi connectivity index (χ4v) is 2.25. The molecule has 0 saturated carbocycles. The van der Waals surface area contributed by atoms with Gasteiger partial charge in [0.05, 0.1) is 14.2 Å². The number of aromatic nitrogens is 1. The molecule has 6 heteroatoms. The highest BCUT2D eigenvalue weighted by molar-refractivity contribution is 9.10. The molecule has 0 N–H and O–H groups in total. The molecule has 1 aromatic rings. The van der Waals surface area contributed by atoms with Crippen molar-refractivity contribution in [1.29, 1.82) is 0 Å². The third-order valence-corrected chi connectivity index (χ3v) is 3.33. The van der Waals surface area contributed by atoms with E-state index in [1.54, 1.807) is 14.2 Å². The maximum absolute atomic E-state index is 11.7. The summed E-state index contributed by atoms with van der Waals surface area (Å²) in [4.78, 5) is 15.9. The summed E-state index contributed by atoms with van der Waals surface area (Å²) in [5, 5.41) is 0. The Labute approximate surface area is 134 Å². The molecule has 0 amide bonds. The first-order valence-electron chi connectivity index (χ1n) is 6.76. The van der Waals surface area contributed by atoms with Crippen molar-refractivity contribution in [2.45, 2.75) is 45.6 Å². The Bertz CT molecular complexity index is 497. The highest BCUT2D eigenvalue weighted by Gasteiger charge is 2.16. The predicted molar refractivity (Wildman–Crippen MR) is 83.8 cm³/mol. The van der Waals surface area contributed by atoms with Crippen LogP contribution in [-0.4, -0.2) is 30.8 Å². The van der Waals surface area contributed by atoms with Gasteiger partial charge in [-0.05, 0) is 61.2 Å². The number of carbonyl (C=O) groups is 1. The summed E-state index contributed by atoms with van der Waals surface area (Å²) in [6.45, 7) is 5.58. The van der Waals surface area contributed by atoms with Crippen LogP contribution in [0.4, 0.5) is 0 Å². The summed E-state index contributed by atoms with van der Waals surface area (Å²) in [6, 6.07) is 1.87. The Hall–Kier alpha value is -1.30. The van der Waals surface area contributed by atoms with Gasteiger partial charge in [0.2, 0.25) is 0 Å². The highest BCUT2D eigenvalue weighted by Crippen LogP contribution is 2.30. The van der Waals surface area contributed by atoms with Crippen molar-refractivity contribution in [3.05, 3.63) is 16.2 Å². The van der Waals surface area contributed by atoms with Crippen molar-refractivity contribution in [3.8, 4) is 11.6 Å². The monoisotopic (exact) mass is 359 g/mol. The fraction of sp³-hybridized carbons (Fsp3) is 0.600. The van der Waals surface area contributed by atoms with Crippen LogP contribution in [-0.2, 0) is 16.0 Å². The lowest BCUT2D eigenvalue weighted by Crippen LogP contribution is -2.23. The van der Waals surface area contributed by atoms with Crippen molar-refractivity contribution in [1.82, 2.24) is 4.98 Å². The van der Waals surface area contributed by atoms with Crippen LogP contribution in [0.5, 0.6) is 11.6 Å². The summed E-state index contributed by atoms with van der Waals surface area (Å²) >= 11 is 3.40. The Morgan fingerprint density at radius 1 is 1.29 bits per heavy atom. The van der Waals surface area contributed by atoms with Gasteiger partial charge in [0.15, 0.2) is 5.75 Å². The zero-order valence-corrected chi connectivity index (χ0v) is 14.7. The topological polar surface area (TPSA) is 57.7 Å². The Morgan fingerprint density at radius 2 is 1.95 bits per heavy atom. The van der Waals surface area contributed by atoms with Gasteiger partial charge in [-0.3, -0.25) is 4.79 Å². The molecule has 0 fully saturated rings. The number of rotatable bonds is 6. The van der Waals surface area contributed by atoms with Crippen LogP contribution in [0.2, 0.25) is 0 Å². The van der Waals surface area contributed by atoms with E-state index in [-0.39, 0.29) is 5.97 Å². The van der Waals surface area contributed by atoms with E-state index in [2.05, 4.69) is 20.9 Å². The summed E-state index contributed by atoms with van der Waals surface area (Å²) < 4.78 is 16.3. The lowest BCUT2D eigenvalue weighted by molar-refractivity contribution is -0.154. The van der Waals surface area contributed by atoms with Crippen molar-refractivity contribution in [2.24, 2.45) is 0 Å². The van der Waals surface area contributed by atoms with E-state index >= 15 is 0 Å². The third-order valence-electron chi connectivity index (χ3n) is 2.64. The molecule has 0 bridgehead atoms. The first kappa shape index (κ1) is 17.8. The molecule has 0 radical (unpaired) electrons. The number of nitrogens with zero attached hydrogens (tertiary/aromatic N) is 1. The number of esters is 1. The van der Waals surface area contributed by atoms with E-state index in [1.807, 2.05) is 26.8 Å². The number of aryl methyl sites for hydroxylation is 1. The smallest absolute Gasteiger partial charge is 0.306 e. The molecular weight excluding hydrogens is 338 g/mol. The molecule has 0 spiro atoms. The molecule has 0 aromatic carbocycles. The zero-order chi connectivity index (χ0) is 16.0. The third kappa shape index (κ3) is 5.91. The van der Waals surface area contributed by atoms with Gasteiger partial charge in [-0.1, -0.05) is 0 Å². The van der Waals surface area contributed by atoms with Crippen LogP contribution in [0.3, 0.4) is 0 Å². The van der Waals surface area contributed by atoms with Crippen molar-refractivity contribution in [3.63, 3.8) is 0 Å². The Morgan fingerprint density at radius 3 is 2.48 bits per heavy atom. The second-order valence-electron chi connectivity index (χ2n) is 5.59. The number of ether oxygens (including phenoxy) is 3. The minimum atomic E-state index is -0.442. The lowest BCUT2D eigenvalue weighted by Gasteiger charge is -2.19. The predicted octanol–water partition coefficient (Wildman–Crippen LogP) is 3.53. The van der Waals surface area contributed by atoms with Crippen LogP contribution in [0, 0.1) is 0 Å². The van der Waals surface area contributed by atoms with Crippen LogP contribution >= 0.6 is 15.9 Å². The van der Waals surface area contributed by atoms with Gasteiger partial charge < -0.3 is 14.2 Å². The summed E-state index contributed by atoms with van der Waals surface area (Å²) in [7, 11) is 3.11.